The van der Waals surface area contributed by atoms with E-state index in [-0.39, 0.29) is 11.0 Å². The molecule has 0 radical (unpaired) electrons. The second-order valence-electron chi connectivity index (χ2n) is 7.48. The van der Waals surface area contributed by atoms with Gasteiger partial charge in [-0.15, -0.1) is 0 Å². The standard InChI is InChI=1S/C11H14O2.C8H11NO.C6H15N.C2H3ClO/c1-8-4-5-11(13-3)7-10(8)6-9(2)12;1-6-3-4-7(10-2)5-8(6)9;1-4-7(5-2)6-3;1-2(3)4/h4-5,7H,6H2,1-3H3;3-5H,9H2,1-2H3;4-6H2,1-3H3;1H3. The Bertz CT molecular complexity index is 843. The van der Waals surface area contributed by atoms with Crippen molar-refractivity contribution in [3.05, 3.63) is 53.1 Å². The molecule has 0 aliphatic heterocycles. The number of carbonyl (C=O) groups is 2. The summed E-state index contributed by atoms with van der Waals surface area (Å²) >= 11 is 4.64. The lowest BCUT2D eigenvalue weighted by atomic mass is 10.0. The third-order valence-corrected chi connectivity index (χ3v) is 4.82. The summed E-state index contributed by atoms with van der Waals surface area (Å²) in [7, 11) is 3.26. The Morgan fingerprint density at radius 1 is 0.853 bits per heavy atom. The maximum absolute atomic E-state index is 10.9. The highest BCUT2D eigenvalue weighted by molar-refractivity contribution is 6.62. The summed E-state index contributed by atoms with van der Waals surface area (Å²) in [5, 5.41) is -0.361. The van der Waals surface area contributed by atoms with E-state index >= 15 is 0 Å². The summed E-state index contributed by atoms with van der Waals surface area (Å²) in [6.45, 7) is 17.0. The molecule has 2 aromatic rings. The average Bonchev–Trinajstić information content (AvgIpc) is 2.78. The minimum atomic E-state index is -0.361. The molecule has 2 N–H and O–H groups in total. The summed E-state index contributed by atoms with van der Waals surface area (Å²) in [4.78, 5) is 22.5. The Morgan fingerprint density at radius 2 is 1.26 bits per heavy atom. The molecule has 7 heteroatoms. The molecule has 0 aliphatic rings. The van der Waals surface area contributed by atoms with Crippen molar-refractivity contribution in [3.63, 3.8) is 0 Å². The number of methoxy groups -OCH3 is 2. The van der Waals surface area contributed by atoms with Gasteiger partial charge in [-0.1, -0.05) is 32.9 Å². The number of halogens is 1. The van der Waals surface area contributed by atoms with E-state index in [0.29, 0.717) is 6.42 Å². The van der Waals surface area contributed by atoms with E-state index in [9.17, 15) is 9.59 Å². The minimum absolute atomic E-state index is 0.177. The highest BCUT2D eigenvalue weighted by Gasteiger charge is 2.03. The number of nitrogen functional groups attached to an aromatic ring is 1. The van der Waals surface area contributed by atoms with Crippen LogP contribution in [0.5, 0.6) is 11.5 Å². The summed E-state index contributed by atoms with van der Waals surface area (Å²) in [6, 6.07) is 11.4. The summed E-state index contributed by atoms with van der Waals surface area (Å²) in [6.07, 6.45) is 0.489. The molecule has 0 unspecified atom stereocenters. The first kappa shape index (κ1) is 33.6. The van der Waals surface area contributed by atoms with Crippen LogP contribution >= 0.6 is 11.6 Å². The van der Waals surface area contributed by atoms with E-state index < -0.39 is 0 Å². The first-order valence-corrected chi connectivity index (χ1v) is 11.7. The molecule has 0 atom stereocenters. The largest absolute Gasteiger partial charge is 0.497 e. The molecule has 0 heterocycles. The molecule has 192 valence electrons. The molecule has 0 aliphatic carbocycles. The van der Waals surface area contributed by atoms with Crippen LogP contribution in [0.1, 0.15) is 51.3 Å². The van der Waals surface area contributed by atoms with Crippen molar-refractivity contribution < 1.29 is 19.1 Å². The number of rotatable bonds is 7. The molecular weight excluding hydrogens is 452 g/mol. The van der Waals surface area contributed by atoms with Crippen LogP contribution in [0.15, 0.2) is 36.4 Å². The van der Waals surface area contributed by atoms with Crippen LogP contribution in [-0.4, -0.2) is 49.8 Å². The van der Waals surface area contributed by atoms with Gasteiger partial charge >= 0.3 is 0 Å². The molecule has 0 saturated heterocycles. The zero-order valence-electron chi connectivity index (χ0n) is 22.3. The predicted octanol–water partition coefficient (Wildman–Crippen LogP) is 5.84. The van der Waals surface area contributed by atoms with E-state index in [1.165, 1.54) is 26.6 Å². The van der Waals surface area contributed by atoms with Gasteiger partial charge in [0.05, 0.1) is 14.2 Å². The molecule has 0 bridgehead atoms. The van der Waals surface area contributed by atoms with Crippen molar-refractivity contribution in [1.29, 1.82) is 0 Å². The number of nitrogens with zero attached hydrogens (tertiary/aromatic N) is 1. The lowest BCUT2D eigenvalue weighted by molar-refractivity contribution is -0.116. The van der Waals surface area contributed by atoms with Gasteiger partial charge in [-0.25, -0.2) is 0 Å². The molecule has 0 aromatic heterocycles. The Balaban J connectivity index is 0. The summed E-state index contributed by atoms with van der Waals surface area (Å²) < 4.78 is 10.1. The van der Waals surface area contributed by atoms with Crippen LogP contribution < -0.4 is 15.2 Å². The number of ketones is 1. The van der Waals surface area contributed by atoms with Crippen molar-refractivity contribution >= 4 is 28.3 Å². The SMILES string of the molecule is CC(=O)Cl.CCN(CC)CC.COc1ccc(C)c(CC(C)=O)c1.COc1ccc(C)c(N)c1. The number of aryl methyl sites for hydroxylation is 2. The lowest BCUT2D eigenvalue weighted by Gasteiger charge is -2.13. The normalized spacial score (nSPS) is 9.38. The Hall–Kier alpha value is -2.57. The van der Waals surface area contributed by atoms with Crippen molar-refractivity contribution in [2.45, 2.75) is 54.9 Å². The highest BCUT2D eigenvalue weighted by atomic mass is 35.5. The Morgan fingerprint density at radius 3 is 1.59 bits per heavy atom. The Kier molecular flexibility index (Phi) is 19.6. The summed E-state index contributed by atoms with van der Waals surface area (Å²) in [5.41, 5.74) is 9.66. The molecule has 0 spiro atoms. The number of ether oxygens (including phenoxy) is 2. The van der Waals surface area contributed by atoms with E-state index in [4.69, 9.17) is 15.2 Å². The molecule has 0 amide bonds. The fourth-order valence-electron chi connectivity index (χ4n) is 2.65. The average molecular weight is 495 g/mol. The van der Waals surface area contributed by atoms with Gasteiger partial charge in [-0.05, 0) is 86.9 Å². The summed E-state index contributed by atoms with van der Waals surface area (Å²) in [5.74, 6) is 1.79. The van der Waals surface area contributed by atoms with Gasteiger partial charge in [0.15, 0.2) is 0 Å². The van der Waals surface area contributed by atoms with Crippen molar-refractivity contribution in [2.75, 3.05) is 39.6 Å². The van der Waals surface area contributed by atoms with Gasteiger partial charge in [0.1, 0.15) is 17.3 Å². The topological polar surface area (TPSA) is 81.9 Å². The van der Waals surface area contributed by atoms with Crippen LogP contribution in [0, 0.1) is 13.8 Å². The third kappa shape index (κ3) is 17.0. The zero-order valence-corrected chi connectivity index (χ0v) is 23.1. The monoisotopic (exact) mass is 494 g/mol. The molecule has 34 heavy (non-hydrogen) atoms. The molecule has 0 fully saturated rings. The third-order valence-electron chi connectivity index (χ3n) is 4.82. The smallest absolute Gasteiger partial charge is 0.218 e. The predicted molar refractivity (Wildman–Crippen MR) is 144 cm³/mol. The van der Waals surface area contributed by atoms with E-state index in [0.717, 1.165) is 33.9 Å². The van der Waals surface area contributed by atoms with Crippen LogP contribution in [0.2, 0.25) is 0 Å². The fourth-order valence-corrected chi connectivity index (χ4v) is 2.65. The second-order valence-corrected chi connectivity index (χ2v) is 8.02. The van der Waals surface area contributed by atoms with Gasteiger partial charge in [-0.3, -0.25) is 9.59 Å². The molecule has 2 aromatic carbocycles. The number of hydrogen-bond acceptors (Lipinski definition) is 6. The number of anilines is 1. The number of carbonyl (C=O) groups excluding carboxylic acids is 2. The number of benzene rings is 2. The highest BCUT2D eigenvalue weighted by Crippen LogP contribution is 2.18. The molecule has 2 rings (SSSR count). The Labute approximate surface area is 211 Å². The maximum Gasteiger partial charge on any atom is 0.218 e. The van der Waals surface area contributed by atoms with Crippen LogP contribution in [0.3, 0.4) is 0 Å². The number of nitrogens with two attached hydrogens (primary N) is 1. The second kappa shape index (κ2) is 19.9. The molecular formula is C27H43ClN2O4. The van der Waals surface area contributed by atoms with E-state index in [1.54, 1.807) is 21.1 Å². The van der Waals surface area contributed by atoms with Gasteiger partial charge in [0.2, 0.25) is 5.24 Å². The molecule has 0 saturated carbocycles. The number of hydrogen-bond donors (Lipinski definition) is 1. The minimum Gasteiger partial charge on any atom is -0.497 e. The van der Waals surface area contributed by atoms with Gasteiger partial charge in [0, 0.05) is 25.1 Å². The van der Waals surface area contributed by atoms with Crippen LogP contribution in [0.25, 0.3) is 0 Å². The van der Waals surface area contributed by atoms with Gasteiger partial charge in [0.25, 0.3) is 0 Å². The first-order chi connectivity index (χ1) is 15.9. The fraction of sp³-hybridized carbons (Fsp3) is 0.481. The van der Waals surface area contributed by atoms with Crippen LogP contribution in [-0.2, 0) is 16.0 Å². The number of Topliss-reactive ketones (excluding diaryl/α,β-unsaturated/α-hetero) is 1. The van der Waals surface area contributed by atoms with E-state index in [2.05, 4.69) is 37.3 Å². The zero-order chi connectivity index (χ0) is 26.7. The van der Waals surface area contributed by atoms with Gasteiger partial charge in [-0.2, -0.15) is 0 Å². The van der Waals surface area contributed by atoms with Crippen molar-refractivity contribution in [2.24, 2.45) is 0 Å². The quantitative estimate of drug-likeness (QED) is 0.384. The van der Waals surface area contributed by atoms with Crippen molar-refractivity contribution in [1.82, 2.24) is 4.90 Å². The maximum atomic E-state index is 10.9. The van der Waals surface area contributed by atoms with Gasteiger partial charge < -0.3 is 20.1 Å². The van der Waals surface area contributed by atoms with Crippen LogP contribution in [0.4, 0.5) is 5.69 Å². The van der Waals surface area contributed by atoms with E-state index in [1.807, 2.05) is 50.2 Å². The first-order valence-electron chi connectivity index (χ1n) is 11.4. The van der Waals surface area contributed by atoms with Crippen molar-refractivity contribution in [3.8, 4) is 11.5 Å². The molecule has 6 nitrogen and oxygen atoms in total. The lowest BCUT2D eigenvalue weighted by Crippen LogP contribution is -2.21.